The van der Waals surface area contributed by atoms with Gasteiger partial charge >= 0.3 is 0 Å². The van der Waals surface area contributed by atoms with Crippen molar-refractivity contribution in [3.8, 4) is 0 Å². The standard InChI is InChI=1S/C11H14N2O/c12-11(14)10-4-2-1-3-9(10)8-5-6-13-7-8/h1-4,8,13H,5-7H2,(H2,12,14). The zero-order valence-corrected chi connectivity index (χ0v) is 7.99. The van der Waals surface area contributed by atoms with Crippen LogP contribution in [0.15, 0.2) is 24.3 Å². The van der Waals surface area contributed by atoms with Crippen molar-refractivity contribution in [3.05, 3.63) is 35.4 Å². The van der Waals surface area contributed by atoms with Crippen LogP contribution in [0.1, 0.15) is 28.3 Å². The number of nitrogens with two attached hydrogens (primary N) is 1. The third-order valence-electron chi connectivity index (χ3n) is 2.73. The number of hydrogen-bond acceptors (Lipinski definition) is 2. The molecule has 0 spiro atoms. The Labute approximate surface area is 83.3 Å². The van der Waals surface area contributed by atoms with Crippen molar-refractivity contribution in [3.63, 3.8) is 0 Å². The number of hydrogen-bond donors (Lipinski definition) is 2. The van der Waals surface area contributed by atoms with Gasteiger partial charge in [0.2, 0.25) is 5.91 Å². The van der Waals surface area contributed by atoms with Gasteiger partial charge in [0, 0.05) is 12.1 Å². The van der Waals surface area contributed by atoms with Crippen molar-refractivity contribution in [1.82, 2.24) is 5.32 Å². The van der Waals surface area contributed by atoms with Crippen LogP contribution in [0.3, 0.4) is 0 Å². The van der Waals surface area contributed by atoms with Gasteiger partial charge in [-0.3, -0.25) is 4.79 Å². The lowest BCUT2D eigenvalue weighted by atomic mass is 9.93. The number of amides is 1. The molecule has 0 radical (unpaired) electrons. The Morgan fingerprint density at radius 2 is 2.21 bits per heavy atom. The minimum atomic E-state index is -0.326. The van der Waals surface area contributed by atoms with Gasteiger partial charge in [-0.1, -0.05) is 18.2 Å². The molecule has 2 rings (SSSR count). The van der Waals surface area contributed by atoms with E-state index < -0.39 is 0 Å². The number of carbonyl (C=O) groups is 1. The van der Waals surface area contributed by atoms with Crippen LogP contribution in [0.25, 0.3) is 0 Å². The summed E-state index contributed by atoms with van der Waals surface area (Å²) in [6.45, 7) is 1.97. The Morgan fingerprint density at radius 1 is 1.43 bits per heavy atom. The molecule has 1 aromatic rings. The van der Waals surface area contributed by atoms with Crippen molar-refractivity contribution < 1.29 is 4.79 Å². The molecule has 1 heterocycles. The maximum absolute atomic E-state index is 11.2. The van der Waals surface area contributed by atoms with Gasteiger partial charge < -0.3 is 11.1 Å². The predicted molar refractivity (Wildman–Crippen MR) is 55.2 cm³/mol. The van der Waals surface area contributed by atoms with Crippen molar-refractivity contribution in [2.75, 3.05) is 13.1 Å². The van der Waals surface area contributed by atoms with E-state index in [-0.39, 0.29) is 5.91 Å². The molecule has 1 saturated heterocycles. The molecule has 1 aromatic carbocycles. The molecule has 3 heteroatoms. The van der Waals surface area contributed by atoms with E-state index in [9.17, 15) is 4.79 Å². The largest absolute Gasteiger partial charge is 0.366 e. The smallest absolute Gasteiger partial charge is 0.248 e. The highest BCUT2D eigenvalue weighted by atomic mass is 16.1. The lowest BCUT2D eigenvalue weighted by molar-refractivity contribution is 0.0999. The Hall–Kier alpha value is -1.35. The lowest BCUT2D eigenvalue weighted by Crippen LogP contribution is -2.16. The summed E-state index contributed by atoms with van der Waals surface area (Å²) in [6, 6.07) is 7.61. The van der Waals surface area contributed by atoms with Crippen LogP contribution in [0.5, 0.6) is 0 Å². The maximum atomic E-state index is 11.2. The van der Waals surface area contributed by atoms with Crippen LogP contribution in [-0.2, 0) is 0 Å². The van der Waals surface area contributed by atoms with Crippen LogP contribution in [0.4, 0.5) is 0 Å². The molecule has 14 heavy (non-hydrogen) atoms. The average Bonchev–Trinajstić information content (AvgIpc) is 2.70. The SMILES string of the molecule is NC(=O)c1ccccc1C1CCNC1. The summed E-state index contributed by atoms with van der Waals surface area (Å²) in [5.74, 6) is 0.117. The van der Waals surface area contributed by atoms with Crippen LogP contribution < -0.4 is 11.1 Å². The average molecular weight is 190 g/mol. The number of benzene rings is 1. The molecule has 1 atom stereocenters. The molecule has 74 valence electrons. The minimum Gasteiger partial charge on any atom is -0.366 e. The molecule has 3 nitrogen and oxygen atoms in total. The van der Waals surface area contributed by atoms with E-state index in [4.69, 9.17) is 5.73 Å². The molecule has 1 aliphatic heterocycles. The highest BCUT2D eigenvalue weighted by Crippen LogP contribution is 2.25. The summed E-state index contributed by atoms with van der Waals surface area (Å²) in [5.41, 5.74) is 7.08. The van der Waals surface area contributed by atoms with Gasteiger partial charge in [-0.15, -0.1) is 0 Å². The molecular weight excluding hydrogens is 176 g/mol. The summed E-state index contributed by atoms with van der Waals surface area (Å²) in [7, 11) is 0. The van der Waals surface area contributed by atoms with Crippen molar-refractivity contribution >= 4 is 5.91 Å². The first-order chi connectivity index (χ1) is 6.79. The molecule has 0 saturated carbocycles. The normalized spacial score (nSPS) is 21.0. The maximum Gasteiger partial charge on any atom is 0.248 e. The van der Waals surface area contributed by atoms with E-state index >= 15 is 0 Å². The van der Waals surface area contributed by atoms with E-state index in [0.717, 1.165) is 25.1 Å². The number of rotatable bonds is 2. The highest BCUT2D eigenvalue weighted by Gasteiger charge is 2.20. The Balaban J connectivity index is 2.35. The van der Waals surface area contributed by atoms with Crippen LogP contribution in [0, 0.1) is 0 Å². The Morgan fingerprint density at radius 3 is 2.86 bits per heavy atom. The van der Waals surface area contributed by atoms with Gasteiger partial charge in [0.1, 0.15) is 0 Å². The summed E-state index contributed by atoms with van der Waals surface area (Å²) in [5, 5.41) is 3.28. The summed E-state index contributed by atoms with van der Waals surface area (Å²) in [4.78, 5) is 11.2. The Bertz CT molecular complexity index is 343. The molecule has 3 N–H and O–H groups in total. The molecule has 0 aliphatic carbocycles. The van der Waals surface area contributed by atoms with E-state index in [2.05, 4.69) is 5.32 Å². The monoisotopic (exact) mass is 190 g/mol. The first kappa shape index (κ1) is 9.21. The van der Waals surface area contributed by atoms with Crippen molar-refractivity contribution in [2.45, 2.75) is 12.3 Å². The van der Waals surface area contributed by atoms with Crippen molar-refractivity contribution in [2.24, 2.45) is 5.73 Å². The fourth-order valence-corrected chi connectivity index (χ4v) is 2.00. The third-order valence-corrected chi connectivity index (χ3v) is 2.73. The van der Waals surface area contributed by atoms with Gasteiger partial charge in [-0.05, 0) is 30.5 Å². The zero-order chi connectivity index (χ0) is 9.97. The Kier molecular flexibility index (Phi) is 2.50. The van der Waals surface area contributed by atoms with Gasteiger partial charge in [0.15, 0.2) is 0 Å². The fourth-order valence-electron chi connectivity index (χ4n) is 2.00. The molecule has 1 fully saturated rings. The molecule has 0 bridgehead atoms. The van der Waals surface area contributed by atoms with E-state index in [1.165, 1.54) is 0 Å². The van der Waals surface area contributed by atoms with E-state index in [1.54, 1.807) is 6.07 Å². The minimum absolute atomic E-state index is 0.326. The molecule has 0 aromatic heterocycles. The zero-order valence-electron chi connectivity index (χ0n) is 7.99. The lowest BCUT2D eigenvalue weighted by Gasteiger charge is -2.11. The first-order valence-electron chi connectivity index (χ1n) is 4.88. The second kappa shape index (κ2) is 3.80. The number of carbonyl (C=O) groups excluding carboxylic acids is 1. The van der Waals surface area contributed by atoms with Gasteiger partial charge in [0.25, 0.3) is 0 Å². The van der Waals surface area contributed by atoms with Gasteiger partial charge in [-0.25, -0.2) is 0 Å². The molecule has 1 amide bonds. The predicted octanol–water partition coefficient (Wildman–Crippen LogP) is 0.862. The first-order valence-corrected chi connectivity index (χ1v) is 4.88. The third kappa shape index (κ3) is 1.63. The van der Waals surface area contributed by atoms with Crippen LogP contribution in [-0.4, -0.2) is 19.0 Å². The van der Waals surface area contributed by atoms with E-state index in [1.807, 2.05) is 18.2 Å². The second-order valence-corrected chi connectivity index (χ2v) is 3.64. The van der Waals surface area contributed by atoms with Crippen molar-refractivity contribution in [1.29, 1.82) is 0 Å². The number of nitrogens with one attached hydrogen (secondary N) is 1. The van der Waals surface area contributed by atoms with E-state index in [0.29, 0.717) is 11.5 Å². The van der Waals surface area contributed by atoms with Gasteiger partial charge in [-0.2, -0.15) is 0 Å². The van der Waals surface area contributed by atoms with Gasteiger partial charge in [0.05, 0.1) is 0 Å². The summed E-state index contributed by atoms with van der Waals surface area (Å²) < 4.78 is 0. The second-order valence-electron chi connectivity index (χ2n) is 3.64. The summed E-state index contributed by atoms with van der Waals surface area (Å²) in [6.07, 6.45) is 1.09. The molecular formula is C11H14N2O. The molecule has 1 aliphatic rings. The topological polar surface area (TPSA) is 55.1 Å². The van der Waals surface area contributed by atoms with Crippen LogP contribution in [0.2, 0.25) is 0 Å². The quantitative estimate of drug-likeness (QED) is 0.726. The summed E-state index contributed by atoms with van der Waals surface area (Å²) >= 11 is 0. The fraction of sp³-hybridized carbons (Fsp3) is 0.364. The number of primary amides is 1. The molecule has 1 unspecified atom stereocenters. The highest BCUT2D eigenvalue weighted by molar-refractivity contribution is 5.94. The van der Waals surface area contributed by atoms with Crippen LogP contribution >= 0.6 is 0 Å².